The van der Waals surface area contributed by atoms with Crippen molar-refractivity contribution < 1.29 is 5.11 Å². The molecular weight excluding hydrogens is 178 g/mol. The first-order valence-corrected chi connectivity index (χ1v) is 5.13. The van der Waals surface area contributed by atoms with Gasteiger partial charge >= 0.3 is 0 Å². The molecule has 1 aromatic rings. The molecule has 1 saturated carbocycles. The van der Waals surface area contributed by atoms with Gasteiger partial charge < -0.3 is 10.4 Å². The van der Waals surface area contributed by atoms with E-state index in [0.29, 0.717) is 6.04 Å². The number of rotatable bonds is 3. The lowest BCUT2D eigenvalue weighted by atomic mass is 10.2. The number of aryl methyl sites for hydroxylation is 1. The summed E-state index contributed by atoms with van der Waals surface area (Å²) in [6.45, 7) is 0.852. The van der Waals surface area contributed by atoms with Gasteiger partial charge in [-0.15, -0.1) is 0 Å². The second kappa shape index (κ2) is 4.11. The third-order valence-corrected chi connectivity index (χ3v) is 2.76. The largest absolute Gasteiger partial charge is 0.393 e. The van der Waals surface area contributed by atoms with Crippen molar-refractivity contribution in [2.24, 2.45) is 7.05 Å². The summed E-state index contributed by atoms with van der Waals surface area (Å²) in [4.78, 5) is 0. The highest BCUT2D eigenvalue weighted by atomic mass is 16.3. The molecule has 0 saturated heterocycles. The lowest BCUT2D eigenvalue weighted by Crippen LogP contribution is -2.26. The first kappa shape index (κ1) is 9.68. The number of aromatic nitrogens is 2. The zero-order valence-corrected chi connectivity index (χ0v) is 8.48. The quantitative estimate of drug-likeness (QED) is 0.735. The molecule has 2 atom stereocenters. The van der Waals surface area contributed by atoms with Crippen LogP contribution in [-0.4, -0.2) is 27.0 Å². The van der Waals surface area contributed by atoms with Gasteiger partial charge in [0.1, 0.15) is 0 Å². The van der Waals surface area contributed by atoms with Crippen molar-refractivity contribution in [1.29, 1.82) is 0 Å². The van der Waals surface area contributed by atoms with Crippen molar-refractivity contribution in [3.05, 3.63) is 18.0 Å². The van der Waals surface area contributed by atoms with Crippen LogP contribution in [0.2, 0.25) is 0 Å². The van der Waals surface area contributed by atoms with Gasteiger partial charge in [-0.05, 0) is 19.3 Å². The van der Waals surface area contributed by atoms with E-state index in [1.54, 1.807) is 4.68 Å². The molecule has 0 bridgehead atoms. The van der Waals surface area contributed by atoms with Gasteiger partial charge in [-0.3, -0.25) is 4.68 Å². The van der Waals surface area contributed by atoms with Gasteiger partial charge in [0.25, 0.3) is 0 Å². The Balaban J connectivity index is 1.77. The molecule has 0 unspecified atom stereocenters. The summed E-state index contributed by atoms with van der Waals surface area (Å²) in [5, 5.41) is 16.9. The normalized spacial score (nSPS) is 27.0. The van der Waals surface area contributed by atoms with Crippen LogP contribution in [0.4, 0.5) is 0 Å². The third-order valence-electron chi connectivity index (χ3n) is 2.76. The van der Waals surface area contributed by atoms with Crippen LogP contribution in [0, 0.1) is 0 Å². The average Bonchev–Trinajstić information content (AvgIpc) is 2.72. The van der Waals surface area contributed by atoms with Gasteiger partial charge in [-0.2, -0.15) is 5.10 Å². The minimum atomic E-state index is -0.0959. The Morgan fingerprint density at radius 1 is 1.64 bits per heavy atom. The first-order valence-electron chi connectivity index (χ1n) is 5.13. The molecule has 0 aromatic carbocycles. The highest BCUT2D eigenvalue weighted by Gasteiger charge is 2.21. The van der Waals surface area contributed by atoms with E-state index in [0.717, 1.165) is 25.8 Å². The average molecular weight is 195 g/mol. The Hall–Kier alpha value is -0.870. The molecule has 78 valence electrons. The van der Waals surface area contributed by atoms with Crippen LogP contribution in [0.15, 0.2) is 12.4 Å². The van der Waals surface area contributed by atoms with Gasteiger partial charge in [0.15, 0.2) is 0 Å². The molecule has 2 rings (SSSR count). The van der Waals surface area contributed by atoms with Crippen LogP contribution in [0.25, 0.3) is 0 Å². The van der Waals surface area contributed by atoms with Crippen LogP contribution in [-0.2, 0) is 13.6 Å². The number of aliphatic hydroxyl groups excluding tert-OH is 1. The van der Waals surface area contributed by atoms with E-state index in [9.17, 15) is 5.11 Å². The summed E-state index contributed by atoms with van der Waals surface area (Å²) < 4.78 is 1.81. The molecular formula is C10H17N3O. The predicted octanol–water partition coefficient (Wildman–Crippen LogP) is 0.423. The van der Waals surface area contributed by atoms with E-state index in [-0.39, 0.29) is 6.10 Å². The third kappa shape index (κ3) is 2.33. The summed E-state index contributed by atoms with van der Waals surface area (Å²) in [7, 11) is 1.92. The molecule has 0 spiro atoms. The van der Waals surface area contributed by atoms with Crippen molar-refractivity contribution in [1.82, 2.24) is 15.1 Å². The Kier molecular flexibility index (Phi) is 2.84. The van der Waals surface area contributed by atoms with E-state index in [1.165, 1.54) is 5.56 Å². The van der Waals surface area contributed by atoms with E-state index in [2.05, 4.69) is 10.4 Å². The SMILES string of the molecule is Cn1cc(CN[C@H]2CC[C@@H](O)C2)cn1. The van der Waals surface area contributed by atoms with E-state index in [4.69, 9.17) is 0 Å². The second-order valence-electron chi connectivity index (χ2n) is 4.07. The Bertz CT molecular complexity index is 297. The summed E-state index contributed by atoms with van der Waals surface area (Å²) >= 11 is 0. The van der Waals surface area contributed by atoms with Crippen molar-refractivity contribution in [3.8, 4) is 0 Å². The number of nitrogens with one attached hydrogen (secondary N) is 1. The van der Waals surface area contributed by atoms with E-state index < -0.39 is 0 Å². The molecule has 1 fully saturated rings. The van der Waals surface area contributed by atoms with E-state index in [1.807, 2.05) is 19.4 Å². The topological polar surface area (TPSA) is 50.1 Å². The van der Waals surface area contributed by atoms with E-state index >= 15 is 0 Å². The number of nitrogens with zero attached hydrogens (tertiary/aromatic N) is 2. The van der Waals surface area contributed by atoms with Crippen molar-refractivity contribution in [2.45, 2.75) is 38.0 Å². The van der Waals surface area contributed by atoms with Crippen LogP contribution in [0.5, 0.6) is 0 Å². The summed E-state index contributed by atoms with van der Waals surface area (Å²) in [6, 6.07) is 0.477. The van der Waals surface area contributed by atoms with Crippen LogP contribution in [0.1, 0.15) is 24.8 Å². The lowest BCUT2D eigenvalue weighted by molar-refractivity contribution is 0.179. The highest BCUT2D eigenvalue weighted by Crippen LogP contribution is 2.18. The molecule has 4 nitrogen and oxygen atoms in total. The number of hydrogen-bond acceptors (Lipinski definition) is 3. The predicted molar refractivity (Wildman–Crippen MR) is 53.7 cm³/mol. The van der Waals surface area contributed by atoms with Crippen LogP contribution >= 0.6 is 0 Å². The summed E-state index contributed by atoms with van der Waals surface area (Å²) in [5.41, 5.74) is 1.20. The molecule has 14 heavy (non-hydrogen) atoms. The fourth-order valence-corrected chi connectivity index (χ4v) is 1.97. The second-order valence-corrected chi connectivity index (χ2v) is 4.07. The summed E-state index contributed by atoms with van der Waals surface area (Å²) in [5.74, 6) is 0. The molecule has 1 aromatic heterocycles. The molecule has 1 aliphatic carbocycles. The van der Waals surface area contributed by atoms with Gasteiger partial charge in [0.2, 0.25) is 0 Å². The maximum absolute atomic E-state index is 9.34. The summed E-state index contributed by atoms with van der Waals surface area (Å²) in [6.07, 6.45) is 6.70. The zero-order chi connectivity index (χ0) is 9.97. The minimum absolute atomic E-state index is 0.0959. The molecule has 2 N–H and O–H groups in total. The number of aliphatic hydroxyl groups is 1. The van der Waals surface area contributed by atoms with Gasteiger partial charge in [-0.25, -0.2) is 0 Å². The van der Waals surface area contributed by atoms with Crippen LogP contribution < -0.4 is 5.32 Å². The van der Waals surface area contributed by atoms with Gasteiger partial charge in [-0.1, -0.05) is 0 Å². The molecule has 0 aliphatic heterocycles. The van der Waals surface area contributed by atoms with Crippen molar-refractivity contribution in [2.75, 3.05) is 0 Å². The minimum Gasteiger partial charge on any atom is -0.393 e. The Morgan fingerprint density at radius 3 is 3.07 bits per heavy atom. The molecule has 4 heteroatoms. The van der Waals surface area contributed by atoms with Crippen molar-refractivity contribution in [3.63, 3.8) is 0 Å². The maximum Gasteiger partial charge on any atom is 0.0555 e. The zero-order valence-electron chi connectivity index (χ0n) is 8.48. The van der Waals surface area contributed by atoms with Gasteiger partial charge in [0.05, 0.1) is 12.3 Å². The number of hydrogen-bond donors (Lipinski definition) is 2. The maximum atomic E-state index is 9.34. The monoisotopic (exact) mass is 195 g/mol. The van der Waals surface area contributed by atoms with Crippen LogP contribution in [0.3, 0.4) is 0 Å². The fourth-order valence-electron chi connectivity index (χ4n) is 1.97. The van der Waals surface area contributed by atoms with Crippen molar-refractivity contribution >= 4 is 0 Å². The molecule has 1 aliphatic rings. The standard InChI is InChI=1S/C10H17N3O/c1-13-7-8(6-12-13)5-11-9-2-3-10(14)4-9/h6-7,9-11,14H,2-5H2,1H3/t9-,10+/m0/s1. The molecule has 1 heterocycles. The smallest absolute Gasteiger partial charge is 0.0555 e. The molecule has 0 amide bonds. The lowest BCUT2D eigenvalue weighted by Gasteiger charge is -2.10. The first-order chi connectivity index (χ1) is 6.74. The Labute approximate surface area is 83.9 Å². The van der Waals surface area contributed by atoms with Gasteiger partial charge in [0, 0.05) is 31.4 Å². The Morgan fingerprint density at radius 2 is 2.50 bits per heavy atom. The highest BCUT2D eigenvalue weighted by molar-refractivity contribution is 5.03. The molecule has 0 radical (unpaired) electrons. The fraction of sp³-hybridized carbons (Fsp3) is 0.700.